The molecule has 1 unspecified atom stereocenters. The van der Waals surface area contributed by atoms with E-state index < -0.39 is 11.9 Å². The van der Waals surface area contributed by atoms with Gasteiger partial charge in [-0.05, 0) is 31.4 Å². The van der Waals surface area contributed by atoms with E-state index in [2.05, 4.69) is 10.3 Å². The molecule has 5 nitrogen and oxygen atoms in total. The molecule has 1 saturated carbocycles. The number of halogens is 1. The van der Waals surface area contributed by atoms with Gasteiger partial charge < -0.3 is 15.2 Å². The van der Waals surface area contributed by atoms with Crippen molar-refractivity contribution in [1.82, 2.24) is 10.3 Å². The molecule has 0 aliphatic heterocycles. The predicted octanol–water partition coefficient (Wildman–Crippen LogP) is 2.62. The van der Waals surface area contributed by atoms with Crippen LogP contribution in [-0.2, 0) is 0 Å². The van der Waals surface area contributed by atoms with Gasteiger partial charge in [0.2, 0.25) is 5.88 Å². The number of ether oxygens (including phenoxy) is 1. The Kier molecular flexibility index (Phi) is 5.05. The van der Waals surface area contributed by atoms with Gasteiger partial charge in [-0.3, -0.25) is 4.79 Å². The summed E-state index contributed by atoms with van der Waals surface area (Å²) in [7, 11) is 0. The zero-order valence-corrected chi connectivity index (χ0v) is 13.1. The van der Waals surface area contributed by atoms with Crippen molar-refractivity contribution in [2.24, 2.45) is 0 Å². The van der Waals surface area contributed by atoms with E-state index in [1.165, 1.54) is 18.3 Å². The van der Waals surface area contributed by atoms with E-state index in [9.17, 15) is 14.3 Å². The lowest BCUT2D eigenvalue weighted by atomic mass is 9.96. The molecule has 2 N–H and O–H groups in total. The lowest BCUT2D eigenvalue weighted by Crippen LogP contribution is -2.29. The number of rotatable bonds is 6. The molecule has 6 heteroatoms. The Morgan fingerprint density at radius 1 is 1.38 bits per heavy atom. The first kappa shape index (κ1) is 16.4. The van der Waals surface area contributed by atoms with Crippen molar-refractivity contribution in [3.05, 3.63) is 59.5 Å². The van der Waals surface area contributed by atoms with Gasteiger partial charge in [-0.2, -0.15) is 0 Å². The first-order valence-electron chi connectivity index (χ1n) is 7.97. The summed E-state index contributed by atoms with van der Waals surface area (Å²) < 4.78 is 19.3. The second-order valence-electron chi connectivity index (χ2n) is 5.80. The molecule has 1 aromatic heterocycles. The summed E-state index contributed by atoms with van der Waals surface area (Å²) in [6, 6.07) is 9.08. The molecular weight excluding hydrogens is 311 g/mol. The zero-order valence-electron chi connectivity index (χ0n) is 13.1. The van der Waals surface area contributed by atoms with Gasteiger partial charge in [0.05, 0.1) is 6.10 Å². The second-order valence-corrected chi connectivity index (χ2v) is 5.80. The van der Waals surface area contributed by atoms with Crippen LogP contribution in [0.15, 0.2) is 42.6 Å². The van der Waals surface area contributed by atoms with E-state index in [0.717, 1.165) is 19.3 Å². The third-order valence-corrected chi connectivity index (χ3v) is 4.06. The summed E-state index contributed by atoms with van der Waals surface area (Å²) in [6.07, 6.45) is 3.75. The summed E-state index contributed by atoms with van der Waals surface area (Å²) in [5.74, 6) is -0.451. The molecule has 2 aromatic rings. The zero-order chi connectivity index (χ0) is 16.9. The van der Waals surface area contributed by atoms with Gasteiger partial charge in [-0.1, -0.05) is 18.2 Å². The number of aliphatic hydroxyl groups excluding tert-OH is 1. The Balaban J connectivity index is 1.58. The third kappa shape index (κ3) is 3.89. The molecule has 24 heavy (non-hydrogen) atoms. The highest BCUT2D eigenvalue weighted by atomic mass is 19.1. The standard InChI is InChI=1S/C18H19FN2O3/c19-15-7-2-1-6-14(15)16(22)11-21-18(23)12-8-9-20-17(10-12)24-13-4-3-5-13/h1-2,6-10,13,16,22H,3-5,11H2,(H,21,23). The van der Waals surface area contributed by atoms with E-state index in [1.54, 1.807) is 24.3 Å². The number of hydrogen-bond acceptors (Lipinski definition) is 4. The lowest BCUT2D eigenvalue weighted by Gasteiger charge is -2.25. The Morgan fingerprint density at radius 3 is 2.88 bits per heavy atom. The van der Waals surface area contributed by atoms with E-state index >= 15 is 0 Å². The van der Waals surface area contributed by atoms with Crippen LogP contribution in [0.25, 0.3) is 0 Å². The topological polar surface area (TPSA) is 71.5 Å². The highest BCUT2D eigenvalue weighted by molar-refractivity contribution is 5.94. The minimum atomic E-state index is -1.11. The molecule has 0 radical (unpaired) electrons. The highest BCUT2D eigenvalue weighted by Gasteiger charge is 2.20. The molecule has 3 rings (SSSR count). The van der Waals surface area contributed by atoms with Crippen LogP contribution in [0.3, 0.4) is 0 Å². The first-order valence-corrected chi connectivity index (χ1v) is 7.97. The maximum Gasteiger partial charge on any atom is 0.251 e. The Morgan fingerprint density at radius 2 is 2.17 bits per heavy atom. The van der Waals surface area contributed by atoms with Crippen molar-refractivity contribution in [3.8, 4) is 5.88 Å². The smallest absolute Gasteiger partial charge is 0.251 e. The number of pyridine rings is 1. The quantitative estimate of drug-likeness (QED) is 0.854. The average molecular weight is 330 g/mol. The molecule has 126 valence electrons. The number of carbonyl (C=O) groups excluding carboxylic acids is 1. The fourth-order valence-corrected chi connectivity index (χ4v) is 2.42. The number of benzene rings is 1. The number of hydrogen-bond donors (Lipinski definition) is 2. The fraction of sp³-hybridized carbons (Fsp3) is 0.333. The van der Waals surface area contributed by atoms with Crippen molar-refractivity contribution >= 4 is 5.91 Å². The van der Waals surface area contributed by atoms with Crippen LogP contribution >= 0.6 is 0 Å². The highest BCUT2D eigenvalue weighted by Crippen LogP contribution is 2.24. The Hall–Kier alpha value is -2.47. The van der Waals surface area contributed by atoms with Gasteiger partial charge in [0.25, 0.3) is 5.91 Å². The van der Waals surface area contributed by atoms with Crippen molar-refractivity contribution in [2.45, 2.75) is 31.5 Å². The number of nitrogens with zero attached hydrogens (tertiary/aromatic N) is 1. The van der Waals surface area contributed by atoms with Crippen LogP contribution in [0.1, 0.15) is 41.3 Å². The van der Waals surface area contributed by atoms with Crippen molar-refractivity contribution in [3.63, 3.8) is 0 Å². The molecule has 1 amide bonds. The van der Waals surface area contributed by atoms with Gasteiger partial charge in [0.15, 0.2) is 0 Å². The summed E-state index contributed by atoms with van der Waals surface area (Å²) >= 11 is 0. The molecule has 1 heterocycles. The van der Waals surface area contributed by atoms with Crippen LogP contribution in [0.4, 0.5) is 4.39 Å². The molecule has 1 atom stereocenters. The third-order valence-electron chi connectivity index (χ3n) is 4.06. The van der Waals surface area contributed by atoms with E-state index in [4.69, 9.17) is 4.74 Å². The van der Waals surface area contributed by atoms with Gasteiger partial charge >= 0.3 is 0 Å². The van der Waals surface area contributed by atoms with Gasteiger partial charge in [0.1, 0.15) is 11.9 Å². The summed E-state index contributed by atoms with van der Waals surface area (Å²) in [6.45, 7) is -0.0824. The average Bonchev–Trinajstić information content (AvgIpc) is 2.56. The second kappa shape index (κ2) is 7.40. The predicted molar refractivity (Wildman–Crippen MR) is 86.2 cm³/mol. The maximum absolute atomic E-state index is 13.6. The Bertz CT molecular complexity index is 719. The number of aliphatic hydroxyl groups is 1. The largest absolute Gasteiger partial charge is 0.474 e. The van der Waals surface area contributed by atoms with Crippen molar-refractivity contribution in [2.75, 3.05) is 6.54 Å². The number of aromatic nitrogens is 1. The van der Waals surface area contributed by atoms with Crippen LogP contribution in [0.5, 0.6) is 5.88 Å². The van der Waals surface area contributed by atoms with E-state index in [0.29, 0.717) is 11.4 Å². The van der Waals surface area contributed by atoms with Crippen LogP contribution in [-0.4, -0.2) is 28.6 Å². The molecule has 1 fully saturated rings. The number of carbonyl (C=O) groups is 1. The normalized spacial score (nSPS) is 15.4. The first-order chi connectivity index (χ1) is 11.6. The molecular formula is C18H19FN2O3. The maximum atomic E-state index is 13.6. The van der Waals surface area contributed by atoms with Gasteiger partial charge in [-0.15, -0.1) is 0 Å². The summed E-state index contributed by atoms with van der Waals surface area (Å²) in [4.78, 5) is 16.3. The molecule has 0 saturated heterocycles. The lowest BCUT2D eigenvalue weighted by molar-refractivity contribution is 0.0910. The van der Waals surface area contributed by atoms with Crippen LogP contribution in [0.2, 0.25) is 0 Å². The monoisotopic (exact) mass is 330 g/mol. The minimum absolute atomic E-state index is 0.0824. The van der Waals surface area contributed by atoms with E-state index in [-0.39, 0.29) is 24.1 Å². The summed E-state index contributed by atoms with van der Waals surface area (Å²) in [5, 5.41) is 12.6. The van der Waals surface area contributed by atoms with E-state index in [1.807, 2.05) is 0 Å². The number of nitrogens with one attached hydrogen (secondary N) is 1. The SMILES string of the molecule is O=C(NCC(O)c1ccccc1F)c1ccnc(OC2CCC2)c1. The summed E-state index contributed by atoms with van der Waals surface area (Å²) in [5.41, 5.74) is 0.543. The molecule has 1 aromatic carbocycles. The Labute approximate surface area is 139 Å². The minimum Gasteiger partial charge on any atom is -0.474 e. The van der Waals surface area contributed by atoms with Crippen molar-refractivity contribution < 1.29 is 19.0 Å². The van der Waals surface area contributed by atoms with Crippen molar-refractivity contribution in [1.29, 1.82) is 0 Å². The molecule has 1 aliphatic carbocycles. The fourth-order valence-electron chi connectivity index (χ4n) is 2.42. The van der Waals surface area contributed by atoms with Crippen LogP contribution < -0.4 is 10.1 Å². The van der Waals surface area contributed by atoms with Crippen LogP contribution in [0, 0.1) is 5.82 Å². The molecule has 0 spiro atoms. The number of amides is 1. The van der Waals surface area contributed by atoms with Gasteiger partial charge in [0, 0.05) is 29.9 Å². The van der Waals surface area contributed by atoms with Gasteiger partial charge in [-0.25, -0.2) is 9.37 Å². The molecule has 1 aliphatic rings. The molecule has 0 bridgehead atoms.